The predicted molar refractivity (Wildman–Crippen MR) is 84.8 cm³/mol. The molecule has 0 spiro atoms. The first-order chi connectivity index (χ1) is 9.97. The minimum Gasteiger partial charge on any atom is -0.388 e. The van der Waals surface area contributed by atoms with Crippen LogP contribution < -0.4 is 5.32 Å². The normalized spacial score (nSPS) is 29.4. The zero-order valence-electron chi connectivity index (χ0n) is 12.8. The van der Waals surface area contributed by atoms with E-state index in [0.29, 0.717) is 23.5 Å². The van der Waals surface area contributed by atoms with Gasteiger partial charge in [0, 0.05) is 18.0 Å². The summed E-state index contributed by atoms with van der Waals surface area (Å²) in [6.45, 7) is 4.67. The van der Waals surface area contributed by atoms with E-state index in [0.717, 1.165) is 49.3 Å². The maximum absolute atomic E-state index is 10.7. The van der Waals surface area contributed by atoms with E-state index in [9.17, 15) is 5.11 Å². The van der Waals surface area contributed by atoms with Crippen molar-refractivity contribution in [3.8, 4) is 0 Å². The quantitative estimate of drug-likeness (QED) is 0.833. The van der Waals surface area contributed by atoms with Gasteiger partial charge in [0.05, 0.1) is 5.60 Å². The average Bonchev–Trinajstić information content (AvgIpc) is 3.24. The molecule has 2 unspecified atom stereocenters. The number of nitrogens with zero attached hydrogens (tertiary/aromatic N) is 2. The first-order valence-electron chi connectivity index (χ1n) is 7.97. The molecule has 1 heterocycles. The van der Waals surface area contributed by atoms with E-state index in [-0.39, 0.29) is 0 Å². The number of halogens is 1. The Morgan fingerprint density at radius 3 is 2.76 bits per heavy atom. The summed E-state index contributed by atoms with van der Waals surface area (Å²) in [6.07, 6.45) is 6.33. The minimum absolute atomic E-state index is 0.474. The summed E-state index contributed by atoms with van der Waals surface area (Å²) in [5.74, 6) is 2.68. The summed E-state index contributed by atoms with van der Waals surface area (Å²) < 4.78 is 0. The highest BCUT2D eigenvalue weighted by atomic mass is 35.5. The molecule has 116 valence electrons. The van der Waals surface area contributed by atoms with Crippen LogP contribution in [0.25, 0.3) is 0 Å². The maximum Gasteiger partial charge on any atom is 0.137 e. The molecule has 1 aromatic rings. The van der Waals surface area contributed by atoms with Crippen molar-refractivity contribution in [3.05, 3.63) is 16.5 Å². The van der Waals surface area contributed by atoms with E-state index in [2.05, 4.69) is 22.2 Å². The molecule has 2 fully saturated rings. The number of hydrogen-bond donors (Lipinski definition) is 2. The molecule has 0 saturated heterocycles. The van der Waals surface area contributed by atoms with E-state index in [1.165, 1.54) is 6.42 Å². The minimum atomic E-state index is -0.624. The van der Waals surface area contributed by atoms with Crippen molar-refractivity contribution in [2.75, 3.05) is 11.9 Å². The third-order valence-corrected chi connectivity index (χ3v) is 5.07. The first kappa shape index (κ1) is 15.0. The topological polar surface area (TPSA) is 58.0 Å². The molecule has 2 atom stereocenters. The van der Waals surface area contributed by atoms with E-state index >= 15 is 0 Å². The van der Waals surface area contributed by atoms with Gasteiger partial charge in [0.1, 0.15) is 16.8 Å². The van der Waals surface area contributed by atoms with Crippen LogP contribution in [-0.2, 0) is 0 Å². The largest absolute Gasteiger partial charge is 0.388 e. The molecular formula is C16H24ClN3O. The van der Waals surface area contributed by atoms with Crippen LogP contribution in [0.1, 0.15) is 62.8 Å². The lowest BCUT2D eigenvalue weighted by Gasteiger charge is -2.35. The summed E-state index contributed by atoms with van der Waals surface area (Å²) in [6, 6.07) is 0. The SMILES string of the molecule is Cc1c(Cl)nc(C2CC2)nc1NCC1(O)CCCC(C)C1. The Bertz CT molecular complexity index is 532. The van der Waals surface area contributed by atoms with Gasteiger partial charge >= 0.3 is 0 Å². The highest BCUT2D eigenvalue weighted by molar-refractivity contribution is 6.30. The summed E-state index contributed by atoms with van der Waals surface area (Å²) in [5.41, 5.74) is 0.245. The monoisotopic (exact) mass is 309 g/mol. The molecule has 0 aliphatic heterocycles. The van der Waals surface area contributed by atoms with Crippen LogP contribution in [0, 0.1) is 12.8 Å². The van der Waals surface area contributed by atoms with E-state index in [1.54, 1.807) is 0 Å². The van der Waals surface area contributed by atoms with Gasteiger partial charge in [0.15, 0.2) is 0 Å². The van der Waals surface area contributed by atoms with E-state index in [4.69, 9.17) is 11.6 Å². The molecule has 0 aromatic carbocycles. The van der Waals surface area contributed by atoms with Crippen molar-refractivity contribution in [1.29, 1.82) is 0 Å². The van der Waals surface area contributed by atoms with Crippen molar-refractivity contribution in [3.63, 3.8) is 0 Å². The molecule has 0 amide bonds. The molecule has 2 saturated carbocycles. The second-order valence-corrected chi connectivity index (χ2v) is 7.26. The van der Waals surface area contributed by atoms with E-state index in [1.807, 2.05) is 6.92 Å². The Morgan fingerprint density at radius 1 is 1.33 bits per heavy atom. The maximum atomic E-state index is 10.7. The lowest BCUT2D eigenvalue weighted by atomic mass is 9.79. The van der Waals surface area contributed by atoms with Gasteiger partial charge in [-0.15, -0.1) is 0 Å². The Balaban J connectivity index is 1.72. The lowest BCUT2D eigenvalue weighted by molar-refractivity contribution is -0.000838. The van der Waals surface area contributed by atoms with Crippen LogP contribution in [0.4, 0.5) is 5.82 Å². The average molecular weight is 310 g/mol. The van der Waals surface area contributed by atoms with Gasteiger partial charge < -0.3 is 10.4 Å². The van der Waals surface area contributed by atoms with Crippen LogP contribution in [-0.4, -0.2) is 27.2 Å². The summed E-state index contributed by atoms with van der Waals surface area (Å²) in [7, 11) is 0. The number of aromatic nitrogens is 2. The first-order valence-corrected chi connectivity index (χ1v) is 8.35. The Hall–Kier alpha value is -0.870. The van der Waals surface area contributed by atoms with Crippen LogP contribution >= 0.6 is 11.6 Å². The van der Waals surface area contributed by atoms with Crippen molar-refractivity contribution in [1.82, 2.24) is 9.97 Å². The zero-order chi connectivity index (χ0) is 15.0. The fourth-order valence-electron chi connectivity index (χ4n) is 3.24. The van der Waals surface area contributed by atoms with Crippen LogP contribution in [0.2, 0.25) is 5.15 Å². The van der Waals surface area contributed by atoms with Gasteiger partial charge in [-0.2, -0.15) is 0 Å². The number of hydrogen-bond acceptors (Lipinski definition) is 4. The highest BCUT2D eigenvalue weighted by Gasteiger charge is 2.33. The molecule has 3 rings (SSSR count). The lowest BCUT2D eigenvalue weighted by Crippen LogP contribution is -2.41. The van der Waals surface area contributed by atoms with E-state index < -0.39 is 5.60 Å². The molecule has 4 nitrogen and oxygen atoms in total. The molecule has 2 aliphatic carbocycles. The molecule has 1 aromatic heterocycles. The second kappa shape index (κ2) is 5.73. The van der Waals surface area contributed by atoms with Crippen LogP contribution in [0.15, 0.2) is 0 Å². The van der Waals surface area contributed by atoms with Gasteiger partial charge in [0.2, 0.25) is 0 Å². The van der Waals surface area contributed by atoms with Crippen molar-refractivity contribution in [2.45, 2.75) is 63.9 Å². The second-order valence-electron chi connectivity index (χ2n) is 6.90. The number of rotatable bonds is 4. The zero-order valence-corrected chi connectivity index (χ0v) is 13.6. The van der Waals surface area contributed by atoms with Gasteiger partial charge in [-0.1, -0.05) is 31.4 Å². The Kier molecular flexibility index (Phi) is 4.10. The molecule has 2 N–H and O–H groups in total. The third kappa shape index (κ3) is 3.49. The predicted octanol–water partition coefficient (Wildman–Crippen LogP) is 3.67. The van der Waals surface area contributed by atoms with Crippen molar-refractivity contribution >= 4 is 17.4 Å². The molecular weight excluding hydrogens is 286 g/mol. The summed E-state index contributed by atoms with van der Waals surface area (Å²) in [5, 5.41) is 14.6. The Morgan fingerprint density at radius 2 is 2.10 bits per heavy atom. The Labute approximate surface area is 131 Å². The molecule has 0 bridgehead atoms. The molecule has 21 heavy (non-hydrogen) atoms. The van der Waals surface area contributed by atoms with Crippen molar-refractivity contribution < 1.29 is 5.11 Å². The van der Waals surface area contributed by atoms with Crippen LogP contribution in [0.5, 0.6) is 0 Å². The fraction of sp³-hybridized carbons (Fsp3) is 0.750. The molecule has 5 heteroatoms. The standard InChI is InChI=1S/C16H24ClN3O/c1-10-4-3-7-16(21,8-10)9-18-14-11(2)13(17)19-15(20-14)12-5-6-12/h10,12,21H,3-9H2,1-2H3,(H,18,19,20). The van der Waals surface area contributed by atoms with Gasteiger partial charge in [-0.3, -0.25) is 0 Å². The fourth-order valence-corrected chi connectivity index (χ4v) is 3.42. The number of aliphatic hydroxyl groups is 1. The van der Waals surface area contributed by atoms with Gasteiger partial charge in [-0.05, 0) is 38.5 Å². The van der Waals surface area contributed by atoms with Crippen LogP contribution in [0.3, 0.4) is 0 Å². The smallest absolute Gasteiger partial charge is 0.137 e. The number of nitrogens with one attached hydrogen (secondary N) is 1. The number of anilines is 1. The summed E-state index contributed by atoms with van der Waals surface area (Å²) >= 11 is 6.22. The molecule has 0 radical (unpaired) electrons. The van der Waals surface area contributed by atoms with Crippen molar-refractivity contribution in [2.24, 2.45) is 5.92 Å². The van der Waals surface area contributed by atoms with Gasteiger partial charge in [0.25, 0.3) is 0 Å². The summed E-state index contributed by atoms with van der Waals surface area (Å²) in [4.78, 5) is 8.98. The highest BCUT2D eigenvalue weighted by Crippen LogP contribution is 2.39. The molecule has 2 aliphatic rings. The van der Waals surface area contributed by atoms with Gasteiger partial charge in [-0.25, -0.2) is 9.97 Å². The third-order valence-electron chi connectivity index (χ3n) is 4.70.